The fourth-order valence-electron chi connectivity index (χ4n) is 6.18. The normalized spacial score (nSPS) is 36.1. The molecular weight excluding hydrogens is 766 g/mol. The van der Waals surface area contributed by atoms with Crippen LogP contribution < -0.4 is 24.8 Å². The van der Waals surface area contributed by atoms with Crippen molar-refractivity contribution in [3.05, 3.63) is 30.6 Å². The molecule has 4 fully saturated rings. The lowest BCUT2D eigenvalue weighted by atomic mass is 9.98. The van der Waals surface area contributed by atoms with Crippen LogP contribution in [0.15, 0.2) is 35.6 Å². The largest absolute Gasteiger partial charge is 0.530 e. The predicted octanol–water partition coefficient (Wildman–Crippen LogP) is 3.51. The summed E-state index contributed by atoms with van der Waals surface area (Å²) in [5.74, 6) is -1.82. The van der Waals surface area contributed by atoms with E-state index >= 15 is 8.78 Å². The van der Waals surface area contributed by atoms with E-state index < -0.39 is 88.9 Å². The Balaban J connectivity index is 1.02. The van der Waals surface area contributed by atoms with Gasteiger partial charge in [0.25, 0.3) is 5.91 Å². The maximum absolute atomic E-state index is 16.6. The van der Waals surface area contributed by atoms with Crippen LogP contribution >= 0.6 is 15.6 Å². The Morgan fingerprint density at radius 3 is 2.30 bits per heavy atom. The highest BCUT2D eigenvalue weighted by Crippen LogP contribution is 2.61. The number of nitrogen functional groups attached to an aromatic ring is 1. The van der Waals surface area contributed by atoms with Crippen LogP contribution in [-0.4, -0.2) is 99.3 Å². The van der Waals surface area contributed by atoms with Gasteiger partial charge in [0.2, 0.25) is 17.7 Å². The fraction of sp³-hybridized carbons (Fsp3) is 0.533. The van der Waals surface area contributed by atoms with E-state index in [0.717, 1.165) is 13.0 Å². The summed E-state index contributed by atoms with van der Waals surface area (Å²) in [4.78, 5) is 39.6. The molecule has 0 saturated carbocycles. The Bertz CT molecular complexity index is 2090. The maximum Gasteiger partial charge on any atom is 0.530 e. The monoisotopic (exact) mass is 801 g/mol. The van der Waals surface area contributed by atoms with E-state index in [2.05, 4.69) is 19.9 Å². The van der Waals surface area contributed by atoms with Crippen LogP contribution in [0.1, 0.15) is 40.3 Å². The molecule has 4 saturated heterocycles. The summed E-state index contributed by atoms with van der Waals surface area (Å²) in [7, 11) is -9.05. The van der Waals surface area contributed by atoms with Gasteiger partial charge in [0.15, 0.2) is 35.0 Å². The Kier molecular flexibility index (Phi) is 10.0. The van der Waals surface area contributed by atoms with Crippen LogP contribution in [0.3, 0.4) is 0 Å². The standard InChI is InChI=1S/C30H35F2N7O13P2/c1-5-19(40)36-20(41)11-34-26-29(3,31)22-17(47-26)12-45-53(42,51-22)49-15-8-7-9-16(10-15)50-54(43)46-13-18-23(52-54)30(4,32)27(48-18)39-14-35-21-24(39)37-28(33)38-25(21)44-6-2/h7-11,14,17-18,22-23,26-27H,5-6,12-13H2,1-4H3,(H2,33,37,38)(H,36,40,41)/b34-11+/t17-,18-,22-,23-,26-,27?,29-,30-,53?,54?/m1/s1. The lowest BCUT2D eigenvalue weighted by molar-refractivity contribution is -0.126. The number of hydrogen-bond donors (Lipinski definition) is 2. The molecule has 3 aromatic rings. The molecule has 0 radical (unpaired) electrons. The topological polar surface area (TPSA) is 245 Å². The van der Waals surface area contributed by atoms with Crippen molar-refractivity contribution in [2.24, 2.45) is 4.99 Å². The van der Waals surface area contributed by atoms with Gasteiger partial charge in [-0.3, -0.25) is 42.6 Å². The summed E-state index contributed by atoms with van der Waals surface area (Å²) < 4.78 is 111. The number of benzene rings is 1. The summed E-state index contributed by atoms with van der Waals surface area (Å²) in [6, 6.07) is 5.21. The van der Waals surface area contributed by atoms with Crippen molar-refractivity contribution in [3.63, 3.8) is 0 Å². The molecule has 10 atom stereocenters. The van der Waals surface area contributed by atoms with Gasteiger partial charge in [-0.1, -0.05) is 13.0 Å². The van der Waals surface area contributed by atoms with Gasteiger partial charge in [-0.05, 0) is 32.9 Å². The highest BCUT2D eigenvalue weighted by molar-refractivity contribution is 7.49. The van der Waals surface area contributed by atoms with Gasteiger partial charge in [0, 0.05) is 12.5 Å². The number of fused-ring (bicyclic) bond motifs is 3. The molecule has 54 heavy (non-hydrogen) atoms. The molecule has 3 unspecified atom stereocenters. The van der Waals surface area contributed by atoms with Crippen molar-refractivity contribution in [1.82, 2.24) is 24.8 Å². The van der Waals surface area contributed by atoms with Gasteiger partial charge in [-0.15, -0.1) is 0 Å². The predicted molar refractivity (Wildman–Crippen MR) is 179 cm³/mol. The smallest absolute Gasteiger partial charge is 0.476 e. The number of amides is 2. The Morgan fingerprint density at radius 2 is 1.67 bits per heavy atom. The number of ether oxygens (including phenoxy) is 3. The molecular formula is C30H35F2N7O13P2. The number of nitrogens with two attached hydrogens (primary N) is 1. The maximum atomic E-state index is 16.6. The van der Waals surface area contributed by atoms with E-state index in [9.17, 15) is 18.7 Å². The molecule has 3 N–H and O–H groups in total. The van der Waals surface area contributed by atoms with Gasteiger partial charge in [-0.2, -0.15) is 9.97 Å². The van der Waals surface area contributed by atoms with E-state index in [4.69, 9.17) is 47.1 Å². The molecule has 2 aromatic heterocycles. The number of aliphatic imine (C=N–C) groups is 1. The molecule has 0 bridgehead atoms. The number of nitrogens with one attached hydrogen (secondary N) is 1. The number of hydrogen-bond acceptors (Lipinski definition) is 18. The number of carbonyl (C=O) groups is 2. The zero-order chi connectivity index (χ0) is 38.6. The zero-order valence-corrected chi connectivity index (χ0v) is 30.8. The molecule has 4 aliphatic rings. The minimum absolute atomic E-state index is 0.0478. The quantitative estimate of drug-likeness (QED) is 0.220. The highest BCUT2D eigenvalue weighted by atomic mass is 31.2. The van der Waals surface area contributed by atoms with Crippen molar-refractivity contribution in [3.8, 4) is 17.4 Å². The zero-order valence-electron chi connectivity index (χ0n) is 29.0. The fourth-order valence-corrected chi connectivity index (χ4v) is 9.14. The highest BCUT2D eigenvalue weighted by Gasteiger charge is 2.63. The lowest BCUT2D eigenvalue weighted by Gasteiger charge is -2.34. The number of phosphoric acid groups is 2. The molecule has 4 aliphatic heterocycles. The minimum atomic E-state index is -4.53. The molecule has 7 rings (SSSR count). The number of imidazole rings is 1. The number of halogens is 2. The van der Waals surface area contributed by atoms with Crippen molar-refractivity contribution in [2.75, 3.05) is 25.6 Å². The summed E-state index contributed by atoms with van der Waals surface area (Å²) in [6.07, 6.45) is -5.98. The molecule has 6 heterocycles. The number of anilines is 1. The Hall–Kier alpha value is -4.14. The SMILES string of the molecule is CCOc1nc(N)nc2c1ncn2C1O[C@@H]2COP(=O)(Oc3cccc(OP4(=O)OC[C@H]5O[C@@H](/N=C/C(=O)NC(=O)CC)[C@](C)(F)[C@@H]5O4)c3)O[C@H]2[C@@]1(C)F. The number of carbonyl (C=O) groups excluding carboxylic acids is 2. The first-order chi connectivity index (χ1) is 25.5. The van der Waals surface area contributed by atoms with E-state index in [1.807, 2.05) is 5.32 Å². The summed E-state index contributed by atoms with van der Waals surface area (Å²) in [5, 5.41) is 2.04. The van der Waals surface area contributed by atoms with Crippen molar-refractivity contribution < 1.29 is 68.9 Å². The molecule has 1 aromatic carbocycles. The third-order valence-corrected chi connectivity index (χ3v) is 11.5. The minimum Gasteiger partial charge on any atom is -0.476 e. The van der Waals surface area contributed by atoms with Crippen molar-refractivity contribution in [1.29, 1.82) is 0 Å². The second kappa shape index (κ2) is 14.2. The number of imide groups is 1. The number of nitrogens with zero attached hydrogens (tertiary/aromatic N) is 5. The average Bonchev–Trinajstić information content (AvgIpc) is 3.71. The molecule has 0 spiro atoms. The first-order valence-electron chi connectivity index (χ1n) is 16.6. The third kappa shape index (κ3) is 7.19. The van der Waals surface area contributed by atoms with Crippen LogP contribution in [0.4, 0.5) is 14.7 Å². The first-order valence-corrected chi connectivity index (χ1v) is 19.5. The lowest BCUT2D eigenvalue weighted by Crippen LogP contribution is -2.45. The van der Waals surface area contributed by atoms with E-state index in [-0.39, 0.29) is 47.5 Å². The van der Waals surface area contributed by atoms with Crippen LogP contribution in [0, 0.1) is 0 Å². The molecule has 2 amide bonds. The van der Waals surface area contributed by atoms with Crippen LogP contribution in [-0.2, 0) is 46.3 Å². The summed E-state index contributed by atoms with van der Waals surface area (Å²) in [6.45, 7) is 4.99. The van der Waals surface area contributed by atoms with E-state index in [0.29, 0.717) is 6.21 Å². The van der Waals surface area contributed by atoms with Gasteiger partial charge >= 0.3 is 15.6 Å². The number of phosphoric ester groups is 2. The first kappa shape index (κ1) is 38.1. The second-order valence-corrected chi connectivity index (χ2v) is 15.8. The summed E-state index contributed by atoms with van der Waals surface area (Å²) >= 11 is 0. The van der Waals surface area contributed by atoms with Crippen LogP contribution in [0.2, 0.25) is 0 Å². The van der Waals surface area contributed by atoms with E-state index in [1.54, 1.807) is 13.8 Å². The molecule has 24 heteroatoms. The Labute approximate surface area is 305 Å². The molecule has 0 aliphatic carbocycles. The van der Waals surface area contributed by atoms with Crippen molar-refractivity contribution >= 4 is 50.8 Å². The summed E-state index contributed by atoms with van der Waals surface area (Å²) in [5.41, 5.74) is 1.45. The van der Waals surface area contributed by atoms with Gasteiger partial charge in [0.1, 0.15) is 35.9 Å². The van der Waals surface area contributed by atoms with Crippen molar-refractivity contribution in [2.45, 2.75) is 82.3 Å². The van der Waals surface area contributed by atoms with Gasteiger partial charge < -0.3 is 29.0 Å². The Morgan fingerprint density at radius 1 is 1.04 bits per heavy atom. The van der Waals surface area contributed by atoms with Gasteiger partial charge in [0.05, 0.1) is 32.4 Å². The van der Waals surface area contributed by atoms with Gasteiger partial charge in [-0.25, -0.2) is 22.9 Å². The molecule has 292 valence electrons. The third-order valence-electron chi connectivity index (χ3n) is 8.73. The number of alkyl halides is 2. The average molecular weight is 802 g/mol. The number of aromatic nitrogens is 4. The number of rotatable bonds is 10. The molecule has 20 nitrogen and oxygen atoms in total. The van der Waals surface area contributed by atoms with E-state index in [1.165, 1.54) is 36.0 Å². The van der Waals surface area contributed by atoms with Crippen LogP contribution in [0.5, 0.6) is 17.4 Å². The van der Waals surface area contributed by atoms with Crippen LogP contribution in [0.25, 0.3) is 11.2 Å². The second-order valence-electron chi connectivity index (χ2n) is 12.7.